The molecule has 180 valence electrons. The zero-order valence-corrected chi connectivity index (χ0v) is 21.1. The Balaban J connectivity index is 2.04. The van der Waals surface area contributed by atoms with Crippen LogP contribution in [0.1, 0.15) is 22.3 Å². The summed E-state index contributed by atoms with van der Waals surface area (Å²) < 4.78 is 39.2. The molecular weight excluding hydrogens is 452 g/mol. The monoisotopic (exact) mass is 482 g/mol. The van der Waals surface area contributed by atoms with E-state index in [1.54, 1.807) is 43.3 Å². The highest BCUT2D eigenvalue weighted by atomic mass is 32.2. The third-order valence-electron chi connectivity index (χ3n) is 5.48. The van der Waals surface area contributed by atoms with Crippen LogP contribution in [-0.4, -0.2) is 35.1 Å². The van der Waals surface area contributed by atoms with Gasteiger partial charge < -0.3 is 14.8 Å². The second-order valence-corrected chi connectivity index (χ2v) is 10.0. The van der Waals surface area contributed by atoms with Crippen LogP contribution in [0.25, 0.3) is 0 Å². The van der Waals surface area contributed by atoms with Crippen molar-refractivity contribution in [3.8, 4) is 11.5 Å². The number of nitrogens with zero attached hydrogens (tertiary/aromatic N) is 1. The molecule has 0 fully saturated rings. The summed E-state index contributed by atoms with van der Waals surface area (Å²) in [4.78, 5) is 13.1. The Bertz CT molecular complexity index is 1280. The smallest absolute Gasteiger partial charge is 0.268 e. The molecule has 1 N–H and O–H groups in total. The molecule has 0 aliphatic heterocycles. The number of methoxy groups -OCH3 is 2. The first-order chi connectivity index (χ1) is 16.1. The van der Waals surface area contributed by atoms with Gasteiger partial charge in [-0.25, -0.2) is 8.42 Å². The van der Waals surface area contributed by atoms with Crippen LogP contribution in [0, 0.1) is 27.7 Å². The molecule has 0 aromatic heterocycles. The molecule has 0 saturated carbocycles. The van der Waals surface area contributed by atoms with Gasteiger partial charge in [0.15, 0.2) is 0 Å². The maximum atomic E-state index is 13.8. The number of ether oxygens (including phenoxy) is 2. The molecule has 0 unspecified atom stereocenters. The van der Waals surface area contributed by atoms with Crippen LogP contribution in [0.5, 0.6) is 11.5 Å². The number of aryl methyl sites for hydroxylation is 4. The van der Waals surface area contributed by atoms with Crippen molar-refractivity contribution < 1.29 is 22.7 Å². The second kappa shape index (κ2) is 10.2. The number of anilines is 2. The number of amides is 1. The van der Waals surface area contributed by atoms with Gasteiger partial charge in [-0.1, -0.05) is 23.8 Å². The van der Waals surface area contributed by atoms with E-state index in [1.165, 1.54) is 20.3 Å². The van der Waals surface area contributed by atoms with Gasteiger partial charge in [0.2, 0.25) is 5.91 Å². The number of carbonyl (C=O) groups excluding carboxylic acids is 1. The minimum absolute atomic E-state index is 0.0127. The summed E-state index contributed by atoms with van der Waals surface area (Å²) in [5.74, 6) is 0.320. The summed E-state index contributed by atoms with van der Waals surface area (Å²) in [6, 6.07) is 15.4. The molecule has 0 saturated heterocycles. The molecule has 3 aromatic carbocycles. The van der Waals surface area contributed by atoms with Crippen molar-refractivity contribution in [3.63, 3.8) is 0 Å². The number of nitrogens with one attached hydrogen (secondary N) is 1. The van der Waals surface area contributed by atoms with Crippen LogP contribution in [0.3, 0.4) is 0 Å². The van der Waals surface area contributed by atoms with Crippen molar-refractivity contribution >= 4 is 27.3 Å². The van der Waals surface area contributed by atoms with E-state index in [1.807, 2.05) is 32.9 Å². The zero-order valence-electron chi connectivity index (χ0n) is 20.3. The first-order valence-electron chi connectivity index (χ1n) is 10.8. The normalized spacial score (nSPS) is 11.1. The fourth-order valence-corrected chi connectivity index (χ4v) is 5.52. The van der Waals surface area contributed by atoms with E-state index in [-0.39, 0.29) is 10.6 Å². The molecule has 8 heteroatoms. The van der Waals surface area contributed by atoms with Gasteiger partial charge in [0.25, 0.3) is 10.0 Å². The van der Waals surface area contributed by atoms with Crippen LogP contribution in [0.15, 0.2) is 59.5 Å². The summed E-state index contributed by atoms with van der Waals surface area (Å²) in [7, 11) is -1.20. The summed E-state index contributed by atoms with van der Waals surface area (Å²) >= 11 is 0. The first-order valence-corrected chi connectivity index (χ1v) is 12.2. The van der Waals surface area contributed by atoms with Gasteiger partial charge in [0.05, 0.1) is 19.9 Å². The van der Waals surface area contributed by atoms with Crippen LogP contribution in [0.4, 0.5) is 11.4 Å². The highest BCUT2D eigenvalue weighted by Crippen LogP contribution is 2.32. The van der Waals surface area contributed by atoms with E-state index in [2.05, 4.69) is 5.32 Å². The summed E-state index contributed by atoms with van der Waals surface area (Å²) in [5.41, 5.74) is 4.66. The van der Waals surface area contributed by atoms with Crippen LogP contribution in [-0.2, 0) is 14.8 Å². The van der Waals surface area contributed by atoms with Crippen LogP contribution < -0.4 is 19.1 Å². The van der Waals surface area contributed by atoms with E-state index in [9.17, 15) is 13.2 Å². The topological polar surface area (TPSA) is 84.9 Å². The highest BCUT2D eigenvalue weighted by molar-refractivity contribution is 7.93. The SMILES string of the molecule is COc1ccc(N(CC(=O)Nc2c(C)cc(C)cc2C)S(=O)(=O)c2cc(C)ccc2OC)cc1. The fourth-order valence-electron chi connectivity index (χ4n) is 3.85. The fraction of sp³-hybridized carbons (Fsp3) is 0.269. The van der Waals surface area contributed by atoms with E-state index in [0.29, 0.717) is 17.1 Å². The van der Waals surface area contributed by atoms with Crippen LogP contribution in [0.2, 0.25) is 0 Å². The molecule has 3 aromatic rings. The maximum absolute atomic E-state index is 13.8. The van der Waals surface area contributed by atoms with Crippen molar-refractivity contribution in [1.82, 2.24) is 0 Å². The lowest BCUT2D eigenvalue weighted by atomic mass is 10.1. The average Bonchev–Trinajstić information content (AvgIpc) is 2.79. The molecule has 1 amide bonds. The molecule has 0 heterocycles. The quantitative estimate of drug-likeness (QED) is 0.500. The van der Waals surface area contributed by atoms with Gasteiger partial charge in [-0.3, -0.25) is 9.10 Å². The van der Waals surface area contributed by atoms with Gasteiger partial charge >= 0.3 is 0 Å². The lowest BCUT2D eigenvalue weighted by Gasteiger charge is -2.25. The van der Waals surface area contributed by atoms with Crippen molar-refractivity contribution in [1.29, 1.82) is 0 Å². The Labute approximate surface area is 201 Å². The average molecular weight is 483 g/mol. The Morgan fingerprint density at radius 1 is 0.853 bits per heavy atom. The third-order valence-corrected chi connectivity index (χ3v) is 7.27. The van der Waals surface area contributed by atoms with E-state index >= 15 is 0 Å². The number of hydrogen-bond donors (Lipinski definition) is 1. The van der Waals surface area contributed by atoms with Gasteiger partial charge in [0.1, 0.15) is 22.9 Å². The molecule has 0 radical (unpaired) electrons. The molecule has 0 aliphatic carbocycles. The van der Waals surface area contributed by atoms with Crippen molar-refractivity contribution in [2.24, 2.45) is 0 Å². The molecular formula is C26H30N2O5S. The van der Waals surface area contributed by atoms with Crippen molar-refractivity contribution in [2.75, 3.05) is 30.4 Å². The summed E-state index contributed by atoms with van der Waals surface area (Å²) in [5, 5.41) is 2.89. The lowest BCUT2D eigenvalue weighted by molar-refractivity contribution is -0.114. The zero-order chi connectivity index (χ0) is 25.0. The largest absolute Gasteiger partial charge is 0.497 e. The minimum Gasteiger partial charge on any atom is -0.497 e. The third kappa shape index (κ3) is 5.34. The van der Waals surface area contributed by atoms with Crippen molar-refractivity contribution in [2.45, 2.75) is 32.6 Å². The second-order valence-electron chi connectivity index (χ2n) is 8.19. The first kappa shape index (κ1) is 25.1. The van der Waals surface area contributed by atoms with Gasteiger partial charge in [-0.15, -0.1) is 0 Å². The van der Waals surface area contributed by atoms with Gasteiger partial charge in [-0.05, 0) is 80.8 Å². The Morgan fingerprint density at radius 3 is 2.03 bits per heavy atom. The number of sulfonamides is 1. The predicted molar refractivity (Wildman–Crippen MR) is 135 cm³/mol. The number of hydrogen-bond acceptors (Lipinski definition) is 5. The Morgan fingerprint density at radius 2 is 1.47 bits per heavy atom. The highest BCUT2D eigenvalue weighted by Gasteiger charge is 2.30. The maximum Gasteiger partial charge on any atom is 0.268 e. The lowest BCUT2D eigenvalue weighted by Crippen LogP contribution is -2.38. The molecule has 0 spiro atoms. The van der Waals surface area contributed by atoms with Crippen LogP contribution >= 0.6 is 0 Å². The van der Waals surface area contributed by atoms with E-state index in [4.69, 9.17) is 9.47 Å². The number of rotatable bonds is 8. The Hall–Kier alpha value is -3.52. The molecule has 0 bridgehead atoms. The van der Waals surface area contributed by atoms with Crippen molar-refractivity contribution in [3.05, 3.63) is 76.9 Å². The standard InChI is InChI=1S/C26H30N2O5S/c1-17-7-12-23(33-6)24(15-17)34(30,31)28(21-8-10-22(32-5)11-9-21)16-25(29)27-26-19(3)13-18(2)14-20(26)4/h7-15H,16H2,1-6H3,(H,27,29). The number of carbonyl (C=O) groups is 1. The van der Waals surface area contributed by atoms with E-state index < -0.39 is 22.5 Å². The number of benzene rings is 3. The minimum atomic E-state index is -4.15. The van der Waals surface area contributed by atoms with E-state index in [0.717, 1.165) is 26.6 Å². The summed E-state index contributed by atoms with van der Waals surface area (Å²) in [6.45, 7) is 7.18. The molecule has 34 heavy (non-hydrogen) atoms. The predicted octanol–water partition coefficient (Wildman–Crippen LogP) is 4.77. The summed E-state index contributed by atoms with van der Waals surface area (Å²) in [6.07, 6.45) is 0. The van der Waals surface area contributed by atoms with Gasteiger partial charge in [0, 0.05) is 5.69 Å². The Kier molecular flexibility index (Phi) is 7.51. The molecule has 3 rings (SSSR count). The molecule has 0 atom stereocenters. The molecule has 0 aliphatic rings. The molecule has 7 nitrogen and oxygen atoms in total. The van der Waals surface area contributed by atoms with Gasteiger partial charge in [-0.2, -0.15) is 0 Å².